The van der Waals surface area contributed by atoms with Gasteiger partial charge in [-0.2, -0.15) is 5.10 Å². The van der Waals surface area contributed by atoms with Crippen LogP contribution in [0.5, 0.6) is 5.75 Å². The SMILES string of the molecule is Nc1[nH]ncc1-c1c(O)c(Br)cc2c1CCCCC2. The van der Waals surface area contributed by atoms with Gasteiger partial charge in [0.05, 0.1) is 10.7 Å². The van der Waals surface area contributed by atoms with Crippen molar-refractivity contribution in [3.8, 4) is 16.9 Å². The highest BCUT2D eigenvalue weighted by Gasteiger charge is 2.21. The minimum absolute atomic E-state index is 0.258. The van der Waals surface area contributed by atoms with Crippen LogP contribution in [0.3, 0.4) is 0 Å². The Morgan fingerprint density at radius 3 is 2.79 bits per heavy atom. The molecule has 1 aliphatic rings. The first kappa shape index (κ1) is 12.5. The number of H-pyrrole nitrogens is 1. The Balaban J connectivity index is 2.27. The smallest absolute Gasteiger partial charge is 0.138 e. The summed E-state index contributed by atoms with van der Waals surface area (Å²) in [5, 5.41) is 17.1. The highest BCUT2D eigenvalue weighted by atomic mass is 79.9. The van der Waals surface area contributed by atoms with Crippen molar-refractivity contribution >= 4 is 21.7 Å². The van der Waals surface area contributed by atoms with Gasteiger partial charge in [-0.05, 0) is 58.8 Å². The number of aromatic hydroxyl groups is 1. The largest absolute Gasteiger partial charge is 0.506 e. The summed E-state index contributed by atoms with van der Waals surface area (Å²) in [7, 11) is 0. The van der Waals surface area contributed by atoms with Gasteiger partial charge in [-0.1, -0.05) is 6.42 Å². The number of rotatable bonds is 1. The molecule has 0 bridgehead atoms. The molecule has 3 rings (SSSR count). The first-order valence-corrected chi connectivity index (χ1v) is 7.30. The minimum Gasteiger partial charge on any atom is -0.506 e. The van der Waals surface area contributed by atoms with Crippen LogP contribution in [-0.4, -0.2) is 15.3 Å². The zero-order valence-corrected chi connectivity index (χ0v) is 12.1. The number of anilines is 1. The van der Waals surface area contributed by atoms with Crippen molar-refractivity contribution in [1.29, 1.82) is 0 Å². The monoisotopic (exact) mass is 321 g/mol. The number of nitrogen functional groups attached to an aromatic ring is 1. The lowest BCUT2D eigenvalue weighted by Gasteiger charge is -2.15. The molecule has 0 atom stereocenters. The number of hydrogen-bond acceptors (Lipinski definition) is 3. The average Bonchev–Trinajstić information content (AvgIpc) is 2.67. The number of aromatic amines is 1. The first-order chi connectivity index (χ1) is 9.18. The summed E-state index contributed by atoms with van der Waals surface area (Å²) in [6.07, 6.45) is 7.30. The highest BCUT2D eigenvalue weighted by Crippen LogP contribution is 2.43. The molecular weight excluding hydrogens is 306 g/mol. The van der Waals surface area contributed by atoms with Gasteiger partial charge >= 0.3 is 0 Å². The molecule has 5 heteroatoms. The van der Waals surface area contributed by atoms with Crippen molar-refractivity contribution in [2.75, 3.05) is 5.73 Å². The summed E-state index contributed by atoms with van der Waals surface area (Å²) in [6, 6.07) is 2.04. The zero-order chi connectivity index (χ0) is 13.4. The second-order valence-corrected chi connectivity index (χ2v) is 5.83. The maximum absolute atomic E-state index is 10.4. The number of benzene rings is 1. The molecule has 0 unspecified atom stereocenters. The molecule has 1 heterocycles. The molecule has 0 spiro atoms. The van der Waals surface area contributed by atoms with E-state index in [-0.39, 0.29) is 5.75 Å². The summed E-state index contributed by atoms with van der Waals surface area (Å²) in [5.74, 6) is 0.758. The second kappa shape index (κ2) is 4.89. The summed E-state index contributed by atoms with van der Waals surface area (Å²) in [6.45, 7) is 0. The van der Waals surface area contributed by atoms with Crippen LogP contribution in [0.15, 0.2) is 16.7 Å². The maximum Gasteiger partial charge on any atom is 0.138 e. The maximum atomic E-state index is 10.4. The number of nitrogens with one attached hydrogen (secondary N) is 1. The van der Waals surface area contributed by atoms with Crippen molar-refractivity contribution in [1.82, 2.24) is 10.2 Å². The number of aromatic nitrogens is 2. The summed E-state index contributed by atoms with van der Waals surface area (Å²) < 4.78 is 0.726. The lowest BCUT2D eigenvalue weighted by Crippen LogP contribution is -1.98. The van der Waals surface area contributed by atoms with Gasteiger partial charge in [0, 0.05) is 11.1 Å². The normalized spacial score (nSPS) is 15.0. The number of halogens is 1. The molecule has 2 aromatic rings. The molecule has 1 aliphatic carbocycles. The number of nitrogens with zero attached hydrogens (tertiary/aromatic N) is 1. The van der Waals surface area contributed by atoms with E-state index in [1.807, 2.05) is 6.07 Å². The van der Waals surface area contributed by atoms with E-state index in [0.29, 0.717) is 5.82 Å². The summed E-state index contributed by atoms with van der Waals surface area (Å²) >= 11 is 3.44. The van der Waals surface area contributed by atoms with Crippen molar-refractivity contribution in [3.63, 3.8) is 0 Å². The molecule has 0 radical (unpaired) electrons. The van der Waals surface area contributed by atoms with Gasteiger partial charge < -0.3 is 10.8 Å². The van der Waals surface area contributed by atoms with Crippen LogP contribution in [0.2, 0.25) is 0 Å². The molecule has 1 aromatic heterocycles. The lowest BCUT2D eigenvalue weighted by molar-refractivity contribution is 0.473. The standard InChI is InChI=1S/C14H16BrN3O/c15-11-6-8-4-2-1-3-5-9(8)12(13(11)19)10-7-17-18-14(10)16/h6-7,19H,1-5H2,(H3,16,17,18). The van der Waals surface area contributed by atoms with E-state index in [9.17, 15) is 5.11 Å². The van der Waals surface area contributed by atoms with Crippen LogP contribution in [-0.2, 0) is 12.8 Å². The van der Waals surface area contributed by atoms with Crippen molar-refractivity contribution < 1.29 is 5.11 Å². The number of nitrogens with two attached hydrogens (primary N) is 1. The number of aryl methyl sites for hydroxylation is 1. The van der Waals surface area contributed by atoms with Crippen molar-refractivity contribution in [2.24, 2.45) is 0 Å². The Morgan fingerprint density at radius 1 is 1.26 bits per heavy atom. The highest BCUT2D eigenvalue weighted by molar-refractivity contribution is 9.10. The van der Waals surface area contributed by atoms with E-state index in [1.165, 1.54) is 24.0 Å². The Kier molecular flexibility index (Phi) is 3.22. The Bertz CT molecular complexity index is 621. The van der Waals surface area contributed by atoms with Gasteiger partial charge in [-0.25, -0.2) is 0 Å². The molecule has 4 nitrogen and oxygen atoms in total. The van der Waals surface area contributed by atoms with Crippen LogP contribution in [0.25, 0.3) is 11.1 Å². The fourth-order valence-corrected chi connectivity index (χ4v) is 3.29. The molecule has 19 heavy (non-hydrogen) atoms. The van der Waals surface area contributed by atoms with E-state index >= 15 is 0 Å². The van der Waals surface area contributed by atoms with Crippen LogP contribution in [0, 0.1) is 0 Å². The quantitative estimate of drug-likeness (QED) is 0.705. The van der Waals surface area contributed by atoms with Gasteiger partial charge in [0.1, 0.15) is 11.6 Å². The molecule has 100 valence electrons. The molecular formula is C14H16BrN3O. The molecule has 1 aromatic carbocycles. The Hall–Kier alpha value is -1.49. The van der Waals surface area contributed by atoms with E-state index in [1.54, 1.807) is 6.20 Å². The van der Waals surface area contributed by atoms with Gasteiger partial charge in [-0.15, -0.1) is 0 Å². The summed E-state index contributed by atoms with van der Waals surface area (Å²) in [4.78, 5) is 0. The molecule has 0 aliphatic heterocycles. The van der Waals surface area contributed by atoms with Gasteiger partial charge in [0.15, 0.2) is 0 Å². The molecule has 4 N–H and O–H groups in total. The molecule has 0 saturated heterocycles. The third kappa shape index (κ3) is 2.12. The third-order valence-electron chi connectivity index (χ3n) is 3.76. The Morgan fingerprint density at radius 2 is 2.05 bits per heavy atom. The number of fused-ring (bicyclic) bond motifs is 1. The summed E-state index contributed by atoms with van der Waals surface area (Å²) in [5.41, 5.74) is 10.1. The van der Waals surface area contributed by atoms with Crippen LogP contribution < -0.4 is 5.73 Å². The topological polar surface area (TPSA) is 74.9 Å². The predicted molar refractivity (Wildman–Crippen MR) is 79.1 cm³/mol. The van der Waals surface area contributed by atoms with Crippen LogP contribution in [0.1, 0.15) is 30.4 Å². The average molecular weight is 322 g/mol. The Labute approximate surface area is 120 Å². The fraction of sp³-hybridized carbons (Fsp3) is 0.357. The van der Waals surface area contributed by atoms with Gasteiger partial charge in [-0.3, -0.25) is 5.10 Å². The van der Waals surface area contributed by atoms with Crippen LogP contribution >= 0.6 is 15.9 Å². The van der Waals surface area contributed by atoms with E-state index in [2.05, 4.69) is 26.1 Å². The molecule has 0 fully saturated rings. The van der Waals surface area contributed by atoms with Crippen molar-refractivity contribution in [3.05, 3.63) is 27.9 Å². The van der Waals surface area contributed by atoms with E-state index in [0.717, 1.165) is 34.9 Å². The second-order valence-electron chi connectivity index (χ2n) is 4.98. The fourth-order valence-electron chi connectivity index (χ4n) is 2.82. The third-order valence-corrected chi connectivity index (χ3v) is 4.37. The number of phenolic OH excluding ortho intramolecular Hbond substituents is 1. The van der Waals surface area contributed by atoms with Gasteiger partial charge in [0.2, 0.25) is 0 Å². The lowest BCUT2D eigenvalue weighted by atomic mass is 9.92. The number of hydrogen-bond donors (Lipinski definition) is 3. The molecule has 0 amide bonds. The zero-order valence-electron chi connectivity index (χ0n) is 10.5. The minimum atomic E-state index is 0.258. The van der Waals surface area contributed by atoms with E-state index in [4.69, 9.17) is 5.73 Å². The van der Waals surface area contributed by atoms with Crippen molar-refractivity contribution in [2.45, 2.75) is 32.1 Å². The molecule has 0 saturated carbocycles. The number of phenols is 1. The van der Waals surface area contributed by atoms with Crippen LogP contribution in [0.4, 0.5) is 5.82 Å². The van der Waals surface area contributed by atoms with Gasteiger partial charge in [0.25, 0.3) is 0 Å². The van der Waals surface area contributed by atoms with E-state index < -0.39 is 0 Å². The predicted octanol–water partition coefficient (Wildman–Crippen LogP) is 3.40. The first-order valence-electron chi connectivity index (χ1n) is 6.51.